The monoisotopic (exact) mass is 460 g/mol. The van der Waals surface area contributed by atoms with Crippen molar-refractivity contribution in [2.45, 2.75) is 26.1 Å². The van der Waals surface area contributed by atoms with Crippen molar-refractivity contribution < 1.29 is 31.7 Å². The van der Waals surface area contributed by atoms with Gasteiger partial charge in [-0.15, -0.1) is 11.3 Å². The van der Waals surface area contributed by atoms with E-state index >= 15 is 0 Å². The minimum absolute atomic E-state index is 0.213. The van der Waals surface area contributed by atoms with E-state index in [0.29, 0.717) is 17.4 Å². The fraction of sp³-hybridized carbons (Fsp3) is 0.222. The molecule has 0 saturated carbocycles. The Hall–Kier alpha value is -3.35. The number of amides is 1. The molecule has 2 aromatic heterocycles. The molecule has 0 aliphatic carbocycles. The van der Waals surface area contributed by atoms with Crippen molar-refractivity contribution >= 4 is 28.6 Å². The summed E-state index contributed by atoms with van der Waals surface area (Å²) >= 11 is 0.509. The van der Waals surface area contributed by atoms with Crippen molar-refractivity contribution in [2.75, 3.05) is 5.32 Å². The lowest BCUT2D eigenvalue weighted by Crippen LogP contribution is -2.12. The minimum atomic E-state index is -4.79. The minimum Gasteiger partial charge on any atom is -0.316 e. The maximum atomic E-state index is 13.8. The lowest BCUT2D eigenvalue weighted by atomic mass is 10.2. The number of anilines is 1. The third kappa shape index (κ3) is 4.40. The van der Waals surface area contributed by atoms with E-state index in [1.54, 1.807) is 0 Å². The standard InChI is InChI=1S/C18H13F5N4O3S/c1-8(2)26-11(7-14(25-26)18(21,22)23)16-12(27(29)30)6-13(31-16)17(28)24-15-9(19)4-3-5-10(15)20/h3-8H,1-2H3,(H,24,28). The van der Waals surface area contributed by atoms with Crippen LogP contribution in [0.3, 0.4) is 0 Å². The Bertz CT molecular complexity index is 1150. The van der Waals surface area contributed by atoms with Gasteiger partial charge in [-0.25, -0.2) is 8.78 Å². The van der Waals surface area contributed by atoms with Crippen LogP contribution < -0.4 is 5.32 Å². The van der Waals surface area contributed by atoms with E-state index in [4.69, 9.17) is 0 Å². The second-order valence-electron chi connectivity index (χ2n) is 6.58. The normalized spacial score (nSPS) is 11.7. The topological polar surface area (TPSA) is 90.1 Å². The highest BCUT2D eigenvalue weighted by molar-refractivity contribution is 7.18. The first-order valence-corrected chi connectivity index (χ1v) is 9.42. The lowest BCUT2D eigenvalue weighted by molar-refractivity contribution is -0.383. The molecule has 0 atom stereocenters. The lowest BCUT2D eigenvalue weighted by Gasteiger charge is -2.09. The molecule has 3 rings (SSSR count). The van der Waals surface area contributed by atoms with E-state index in [9.17, 15) is 36.9 Å². The van der Waals surface area contributed by atoms with Crippen molar-refractivity contribution in [1.82, 2.24) is 9.78 Å². The van der Waals surface area contributed by atoms with Crippen LogP contribution in [0, 0.1) is 21.7 Å². The van der Waals surface area contributed by atoms with Crippen LogP contribution in [0.25, 0.3) is 10.6 Å². The van der Waals surface area contributed by atoms with Gasteiger partial charge >= 0.3 is 6.18 Å². The number of para-hydroxylation sites is 1. The van der Waals surface area contributed by atoms with Crippen molar-refractivity contribution in [2.24, 2.45) is 0 Å². The van der Waals surface area contributed by atoms with Gasteiger partial charge in [0.05, 0.1) is 15.5 Å². The number of aromatic nitrogens is 2. The molecule has 7 nitrogen and oxygen atoms in total. The summed E-state index contributed by atoms with van der Waals surface area (Å²) in [5.41, 5.74) is -2.86. The molecule has 0 spiro atoms. The molecule has 1 N–H and O–H groups in total. The Morgan fingerprint density at radius 3 is 2.35 bits per heavy atom. The number of hydrogen-bond donors (Lipinski definition) is 1. The number of carbonyl (C=O) groups is 1. The van der Waals surface area contributed by atoms with Gasteiger partial charge in [0, 0.05) is 12.1 Å². The number of nitro groups is 1. The number of carbonyl (C=O) groups excluding carboxylic acids is 1. The third-order valence-electron chi connectivity index (χ3n) is 4.08. The fourth-order valence-electron chi connectivity index (χ4n) is 2.70. The average molecular weight is 460 g/mol. The van der Waals surface area contributed by atoms with E-state index in [0.717, 1.165) is 28.9 Å². The quantitative estimate of drug-likeness (QED) is 0.303. The molecule has 13 heteroatoms. The average Bonchev–Trinajstić information content (AvgIpc) is 3.28. The van der Waals surface area contributed by atoms with Gasteiger partial charge in [0.15, 0.2) is 5.69 Å². The predicted octanol–water partition coefficient (Wildman–Crippen LogP) is 5.65. The smallest absolute Gasteiger partial charge is 0.316 e. The van der Waals surface area contributed by atoms with Gasteiger partial charge in [-0.1, -0.05) is 6.07 Å². The fourth-order valence-corrected chi connectivity index (χ4v) is 3.73. The number of nitrogens with one attached hydrogen (secondary N) is 1. The first-order valence-electron chi connectivity index (χ1n) is 8.60. The van der Waals surface area contributed by atoms with Crippen LogP contribution in [-0.4, -0.2) is 20.6 Å². The van der Waals surface area contributed by atoms with Crippen LogP contribution in [0.5, 0.6) is 0 Å². The molecule has 3 aromatic rings. The number of rotatable bonds is 5. The molecule has 164 valence electrons. The molecule has 0 fully saturated rings. The first kappa shape index (κ1) is 22.3. The molecule has 0 bridgehead atoms. The predicted molar refractivity (Wildman–Crippen MR) is 102 cm³/mol. The van der Waals surface area contributed by atoms with Gasteiger partial charge in [-0.05, 0) is 32.0 Å². The van der Waals surface area contributed by atoms with Crippen LogP contribution in [0.4, 0.5) is 33.3 Å². The van der Waals surface area contributed by atoms with Gasteiger partial charge in [0.25, 0.3) is 11.6 Å². The molecule has 1 amide bonds. The molecule has 31 heavy (non-hydrogen) atoms. The number of thiophene rings is 1. The van der Waals surface area contributed by atoms with E-state index in [-0.39, 0.29) is 15.4 Å². The number of hydrogen-bond acceptors (Lipinski definition) is 5. The second-order valence-corrected chi connectivity index (χ2v) is 7.64. The van der Waals surface area contributed by atoms with Gasteiger partial charge in [0.2, 0.25) is 0 Å². The number of benzene rings is 1. The largest absolute Gasteiger partial charge is 0.435 e. The van der Waals surface area contributed by atoms with Crippen molar-refractivity contribution in [3.63, 3.8) is 0 Å². The Balaban J connectivity index is 2.09. The van der Waals surface area contributed by atoms with Crippen molar-refractivity contribution in [3.05, 3.63) is 62.7 Å². The summed E-state index contributed by atoms with van der Waals surface area (Å²) in [5, 5.41) is 17.0. The maximum Gasteiger partial charge on any atom is 0.435 e. The zero-order valence-corrected chi connectivity index (χ0v) is 16.6. The summed E-state index contributed by atoms with van der Waals surface area (Å²) in [7, 11) is 0. The van der Waals surface area contributed by atoms with Crippen LogP contribution in [0.15, 0.2) is 30.3 Å². The van der Waals surface area contributed by atoms with Crippen LogP contribution in [0.2, 0.25) is 0 Å². The van der Waals surface area contributed by atoms with E-state index in [1.165, 1.54) is 13.8 Å². The molecular formula is C18H13F5N4O3S. The summed E-state index contributed by atoms with van der Waals surface area (Å²) in [6.45, 7) is 3.06. The molecule has 0 aliphatic rings. The van der Waals surface area contributed by atoms with Crippen LogP contribution >= 0.6 is 11.3 Å². The number of alkyl halides is 3. The summed E-state index contributed by atoms with van der Waals surface area (Å²) in [4.78, 5) is 22.5. The van der Waals surface area contributed by atoms with Gasteiger partial charge in [-0.3, -0.25) is 19.6 Å². The van der Waals surface area contributed by atoms with Crippen LogP contribution in [0.1, 0.15) is 35.3 Å². The van der Waals surface area contributed by atoms with E-state index < -0.39 is 51.8 Å². The van der Waals surface area contributed by atoms with Crippen molar-refractivity contribution in [3.8, 4) is 10.6 Å². The summed E-state index contributed by atoms with van der Waals surface area (Å²) in [6, 6.07) is 3.79. The highest BCUT2D eigenvalue weighted by Crippen LogP contribution is 2.41. The van der Waals surface area contributed by atoms with E-state index in [1.807, 2.05) is 5.32 Å². The molecule has 0 aliphatic heterocycles. The summed E-state index contributed by atoms with van der Waals surface area (Å²) < 4.78 is 67.9. The Kier molecular flexibility index (Phi) is 5.81. The summed E-state index contributed by atoms with van der Waals surface area (Å²) in [5.74, 6) is -3.19. The van der Waals surface area contributed by atoms with E-state index in [2.05, 4.69) is 5.10 Å². The van der Waals surface area contributed by atoms with Crippen LogP contribution in [-0.2, 0) is 6.18 Å². The second kappa shape index (κ2) is 8.06. The Labute approximate surface area is 175 Å². The highest BCUT2D eigenvalue weighted by atomic mass is 32.1. The Morgan fingerprint density at radius 1 is 1.23 bits per heavy atom. The zero-order valence-electron chi connectivity index (χ0n) is 15.8. The first-order chi connectivity index (χ1) is 14.4. The summed E-state index contributed by atoms with van der Waals surface area (Å²) in [6.07, 6.45) is -4.79. The number of nitrogens with zero attached hydrogens (tertiary/aromatic N) is 3. The number of halogens is 5. The SMILES string of the molecule is CC(C)n1nc(C(F)(F)F)cc1-c1sc(C(=O)Nc2c(F)cccc2F)cc1[N+](=O)[O-]. The van der Waals surface area contributed by atoms with Gasteiger partial charge in [-0.2, -0.15) is 18.3 Å². The Morgan fingerprint density at radius 2 is 1.84 bits per heavy atom. The molecule has 0 saturated heterocycles. The molecular weight excluding hydrogens is 447 g/mol. The van der Waals surface area contributed by atoms with Crippen molar-refractivity contribution in [1.29, 1.82) is 0 Å². The van der Waals surface area contributed by atoms with Gasteiger partial charge in [0.1, 0.15) is 22.2 Å². The molecule has 0 radical (unpaired) electrons. The third-order valence-corrected chi connectivity index (χ3v) is 5.23. The zero-order chi connectivity index (χ0) is 23.1. The molecule has 0 unspecified atom stereocenters. The highest BCUT2D eigenvalue weighted by Gasteiger charge is 2.37. The maximum absolute atomic E-state index is 13.8. The molecule has 1 aromatic carbocycles. The molecule has 2 heterocycles. The van der Waals surface area contributed by atoms with Gasteiger partial charge < -0.3 is 5.32 Å².